The summed E-state index contributed by atoms with van der Waals surface area (Å²) in [5.74, 6) is 3.00. The highest BCUT2D eigenvalue weighted by Crippen LogP contribution is 2.42. The number of nitrogens with zero attached hydrogens (tertiary/aromatic N) is 4. The van der Waals surface area contributed by atoms with Gasteiger partial charge in [-0.2, -0.15) is 0 Å². The van der Waals surface area contributed by atoms with Gasteiger partial charge in [-0.15, -0.1) is 0 Å². The zero-order valence-electron chi connectivity index (χ0n) is 25.5. The van der Waals surface area contributed by atoms with Crippen molar-refractivity contribution in [3.05, 3.63) is 54.0 Å². The van der Waals surface area contributed by atoms with Gasteiger partial charge >= 0.3 is 5.97 Å². The number of carbonyl (C=O) groups excluding carboxylic acids is 2. The molecule has 0 saturated heterocycles. The molecule has 0 aliphatic heterocycles. The maximum absolute atomic E-state index is 14.3. The van der Waals surface area contributed by atoms with Crippen LogP contribution in [0.2, 0.25) is 0 Å². The number of esters is 1. The van der Waals surface area contributed by atoms with Crippen LogP contribution in [0.1, 0.15) is 93.3 Å². The summed E-state index contributed by atoms with van der Waals surface area (Å²) in [6.45, 7) is 2.60. The van der Waals surface area contributed by atoms with Gasteiger partial charge < -0.3 is 13.9 Å². The van der Waals surface area contributed by atoms with Crippen molar-refractivity contribution in [2.24, 2.45) is 17.8 Å². The van der Waals surface area contributed by atoms with E-state index in [2.05, 4.69) is 6.07 Å². The van der Waals surface area contributed by atoms with Crippen molar-refractivity contribution in [3.63, 3.8) is 0 Å². The Hall–Kier alpha value is -3.75. The standard InChI is InChI=1S/C34H42N4O5/c1-21-30(41-2)17-16-28(36-21)23-8-6-22(7-9-23)19-38(33(39)25-12-14-26(15-13-25)34(40)42-3)31-27(5-4-18-35-31)29-20-43-32(37-29)24-10-11-24/h4-5,16-18,20,22-26H,6-15,19H2,1-3H3/t22-,23-,25-,26-. The first-order chi connectivity index (χ1) is 20.9. The Morgan fingerprint density at radius 3 is 2.30 bits per heavy atom. The van der Waals surface area contributed by atoms with E-state index >= 15 is 0 Å². The van der Waals surface area contributed by atoms with Crippen molar-refractivity contribution >= 4 is 17.7 Å². The van der Waals surface area contributed by atoms with Gasteiger partial charge in [0.25, 0.3) is 0 Å². The minimum absolute atomic E-state index is 0.0868. The molecule has 0 spiro atoms. The van der Waals surface area contributed by atoms with Crippen LogP contribution in [0, 0.1) is 24.7 Å². The topological polar surface area (TPSA) is 108 Å². The van der Waals surface area contributed by atoms with Crippen LogP contribution in [0.15, 0.2) is 41.1 Å². The van der Waals surface area contributed by atoms with Gasteiger partial charge in [0.15, 0.2) is 5.89 Å². The molecule has 3 aliphatic carbocycles. The van der Waals surface area contributed by atoms with E-state index in [-0.39, 0.29) is 23.7 Å². The van der Waals surface area contributed by atoms with Crippen LogP contribution in [-0.4, -0.2) is 47.6 Å². The van der Waals surface area contributed by atoms with E-state index in [9.17, 15) is 9.59 Å². The van der Waals surface area contributed by atoms with E-state index in [4.69, 9.17) is 28.8 Å². The number of ether oxygens (including phenoxy) is 2. The summed E-state index contributed by atoms with van der Waals surface area (Å²) in [7, 11) is 3.11. The molecule has 3 aromatic rings. The molecule has 3 fully saturated rings. The molecule has 3 saturated carbocycles. The zero-order valence-corrected chi connectivity index (χ0v) is 25.5. The lowest BCUT2D eigenvalue weighted by Gasteiger charge is -2.35. The molecule has 9 heteroatoms. The second-order valence-corrected chi connectivity index (χ2v) is 12.5. The van der Waals surface area contributed by atoms with Crippen LogP contribution in [0.5, 0.6) is 5.75 Å². The number of anilines is 1. The van der Waals surface area contributed by atoms with Gasteiger partial charge in [-0.05, 0) is 101 Å². The minimum Gasteiger partial charge on any atom is -0.495 e. The number of aromatic nitrogens is 3. The Morgan fingerprint density at radius 2 is 1.63 bits per heavy atom. The minimum atomic E-state index is -0.175. The number of aryl methyl sites for hydroxylation is 1. The summed E-state index contributed by atoms with van der Waals surface area (Å²) in [6, 6.07) is 7.98. The molecule has 43 heavy (non-hydrogen) atoms. The van der Waals surface area contributed by atoms with Gasteiger partial charge in [-0.1, -0.05) is 0 Å². The highest BCUT2D eigenvalue weighted by molar-refractivity contribution is 5.97. The molecule has 9 nitrogen and oxygen atoms in total. The normalized spacial score (nSPS) is 23.9. The van der Waals surface area contributed by atoms with Gasteiger partial charge in [0.05, 0.1) is 25.8 Å². The second-order valence-electron chi connectivity index (χ2n) is 12.5. The number of methoxy groups -OCH3 is 2. The van der Waals surface area contributed by atoms with Crippen LogP contribution >= 0.6 is 0 Å². The quantitative estimate of drug-likeness (QED) is 0.258. The molecule has 0 unspecified atom stereocenters. The fourth-order valence-corrected chi connectivity index (χ4v) is 6.89. The molecule has 1 amide bonds. The number of rotatable bonds is 9. The second kappa shape index (κ2) is 12.9. The van der Waals surface area contributed by atoms with Crippen molar-refractivity contribution in [2.75, 3.05) is 25.7 Å². The number of carbonyl (C=O) groups is 2. The lowest BCUT2D eigenvalue weighted by atomic mass is 9.79. The number of pyridine rings is 2. The summed E-state index contributed by atoms with van der Waals surface area (Å²) in [4.78, 5) is 42.8. The van der Waals surface area contributed by atoms with Gasteiger partial charge in [0.1, 0.15) is 23.5 Å². The number of amides is 1. The maximum atomic E-state index is 14.3. The average molecular weight is 587 g/mol. The Bertz CT molecular complexity index is 1430. The van der Waals surface area contributed by atoms with Crippen LogP contribution in [-0.2, 0) is 14.3 Å². The SMILES string of the molecule is COc1ccc([C@H]2CC[C@H](CN(c3ncccc3-c3coc(C4CC4)n3)C(=O)[C@H]3CC[C@H](C(=O)OC)CC3)CC2)nc1C. The summed E-state index contributed by atoms with van der Waals surface area (Å²) in [5, 5.41) is 0. The van der Waals surface area contributed by atoms with Gasteiger partial charge in [-0.3, -0.25) is 19.5 Å². The fraction of sp³-hybridized carbons (Fsp3) is 0.559. The Kier molecular flexibility index (Phi) is 8.77. The number of hydrogen-bond acceptors (Lipinski definition) is 8. The molecule has 228 valence electrons. The van der Waals surface area contributed by atoms with Crippen LogP contribution in [0.4, 0.5) is 5.82 Å². The van der Waals surface area contributed by atoms with Crippen molar-refractivity contribution in [3.8, 4) is 17.0 Å². The van der Waals surface area contributed by atoms with Crippen molar-refractivity contribution < 1.29 is 23.5 Å². The first-order valence-corrected chi connectivity index (χ1v) is 15.8. The molecule has 3 aliphatic rings. The van der Waals surface area contributed by atoms with Crippen molar-refractivity contribution in [2.45, 2.75) is 83.0 Å². The van der Waals surface area contributed by atoms with Crippen LogP contribution in [0.25, 0.3) is 11.3 Å². The van der Waals surface area contributed by atoms with E-state index in [0.717, 1.165) is 72.8 Å². The van der Waals surface area contributed by atoms with Gasteiger partial charge in [-0.25, -0.2) is 9.97 Å². The molecule has 0 atom stereocenters. The molecule has 0 aromatic carbocycles. The molecule has 3 heterocycles. The molecule has 0 bridgehead atoms. The van der Waals surface area contributed by atoms with Gasteiger partial charge in [0.2, 0.25) is 5.91 Å². The first-order valence-electron chi connectivity index (χ1n) is 15.8. The summed E-state index contributed by atoms with van der Waals surface area (Å²) in [6.07, 6.45) is 12.4. The van der Waals surface area contributed by atoms with E-state index in [0.29, 0.717) is 55.8 Å². The molecule has 3 aromatic heterocycles. The van der Waals surface area contributed by atoms with E-state index in [1.54, 1.807) is 19.6 Å². The van der Waals surface area contributed by atoms with E-state index < -0.39 is 0 Å². The molecular weight excluding hydrogens is 544 g/mol. The predicted molar refractivity (Wildman–Crippen MR) is 162 cm³/mol. The number of oxazole rings is 1. The highest BCUT2D eigenvalue weighted by Gasteiger charge is 2.36. The fourth-order valence-electron chi connectivity index (χ4n) is 6.89. The lowest BCUT2D eigenvalue weighted by Crippen LogP contribution is -2.42. The maximum Gasteiger partial charge on any atom is 0.308 e. The third kappa shape index (κ3) is 6.45. The van der Waals surface area contributed by atoms with Gasteiger partial charge in [0, 0.05) is 41.8 Å². The number of hydrogen-bond donors (Lipinski definition) is 0. The predicted octanol–water partition coefficient (Wildman–Crippen LogP) is 6.61. The Labute approximate surface area is 253 Å². The smallest absolute Gasteiger partial charge is 0.308 e. The van der Waals surface area contributed by atoms with Crippen LogP contribution < -0.4 is 9.64 Å². The van der Waals surface area contributed by atoms with Crippen molar-refractivity contribution in [1.29, 1.82) is 0 Å². The summed E-state index contributed by atoms with van der Waals surface area (Å²) in [5.41, 5.74) is 3.58. The molecule has 6 rings (SSSR count). The summed E-state index contributed by atoms with van der Waals surface area (Å²) >= 11 is 0. The highest BCUT2D eigenvalue weighted by atomic mass is 16.5. The first kappa shape index (κ1) is 29.3. The Morgan fingerprint density at radius 1 is 0.907 bits per heavy atom. The van der Waals surface area contributed by atoms with E-state index in [1.165, 1.54) is 7.11 Å². The molecule has 0 N–H and O–H groups in total. The molecular formula is C34H42N4O5. The lowest BCUT2D eigenvalue weighted by molar-refractivity contribution is -0.147. The molecule has 0 radical (unpaired) electrons. The zero-order chi connectivity index (χ0) is 29.9. The van der Waals surface area contributed by atoms with E-state index in [1.807, 2.05) is 30.0 Å². The average Bonchev–Trinajstić information content (AvgIpc) is 3.79. The van der Waals surface area contributed by atoms with Crippen molar-refractivity contribution in [1.82, 2.24) is 15.0 Å². The summed E-state index contributed by atoms with van der Waals surface area (Å²) < 4.78 is 16.2. The van der Waals surface area contributed by atoms with Crippen LogP contribution in [0.3, 0.4) is 0 Å². The third-order valence-corrected chi connectivity index (χ3v) is 9.63. The monoisotopic (exact) mass is 586 g/mol. The Balaban J connectivity index is 1.22. The largest absolute Gasteiger partial charge is 0.495 e. The third-order valence-electron chi connectivity index (χ3n) is 9.63.